The number of carbonyl (C=O) groups excluding carboxylic acids is 1. The number of anilines is 1. The molecule has 3 N–H and O–H groups in total. The van der Waals surface area contributed by atoms with E-state index in [0.717, 1.165) is 28.1 Å². The van der Waals surface area contributed by atoms with Crippen LogP contribution in [-0.2, 0) is 11.3 Å². The van der Waals surface area contributed by atoms with E-state index in [1.807, 2.05) is 59.2 Å². The van der Waals surface area contributed by atoms with Crippen LogP contribution in [0.5, 0.6) is 0 Å². The van der Waals surface area contributed by atoms with Crippen LogP contribution in [0.4, 0.5) is 5.69 Å². The van der Waals surface area contributed by atoms with E-state index in [4.69, 9.17) is 4.74 Å². The molecule has 0 aliphatic carbocycles. The number of pyridine rings is 1. The lowest BCUT2D eigenvalue weighted by Crippen LogP contribution is -2.42. The minimum absolute atomic E-state index is 0.255. The number of aliphatic hydroxyl groups excluding tert-OH is 1. The number of nitrogens with one attached hydrogen (secondary N) is 2. The first-order valence-corrected chi connectivity index (χ1v) is 13.2. The van der Waals surface area contributed by atoms with Crippen LogP contribution >= 0.6 is 11.9 Å². The second kappa shape index (κ2) is 12.2. The van der Waals surface area contributed by atoms with Crippen LogP contribution in [0.25, 0.3) is 11.2 Å². The molecule has 0 saturated heterocycles. The van der Waals surface area contributed by atoms with Crippen LogP contribution in [0.15, 0.2) is 78.0 Å². The summed E-state index contributed by atoms with van der Waals surface area (Å²) < 4.78 is 10.4. The predicted octanol–water partition coefficient (Wildman–Crippen LogP) is 5.22. The van der Waals surface area contributed by atoms with Crippen LogP contribution in [0, 0.1) is 0 Å². The molecule has 0 bridgehead atoms. The van der Waals surface area contributed by atoms with Crippen LogP contribution in [0.1, 0.15) is 49.3 Å². The Kier molecular flexibility index (Phi) is 8.81. The summed E-state index contributed by atoms with van der Waals surface area (Å²) in [5, 5.41) is 14.3. The van der Waals surface area contributed by atoms with Gasteiger partial charge in [-0.05, 0) is 81.1 Å². The van der Waals surface area contributed by atoms with Crippen LogP contribution < -0.4 is 10.0 Å². The zero-order valence-corrected chi connectivity index (χ0v) is 22.2. The van der Waals surface area contributed by atoms with Gasteiger partial charge in [0.15, 0.2) is 11.3 Å². The number of aryl methyl sites for hydroxylation is 1. The average Bonchev–Trinajstić information content (AvgIpc) is 3.33. The van der Waals surface area contributed by atoms with Gasteiger partial charge in [0.25, 0.3) is 0 Å². The third-order valence-corrected chi connectivity index (χ3v) is 6.85. The summed E-state index contributed by atoms with van der Waals surface area (Å²) in [5.74, 6) is -0.439. The topological polar surface area (TPSA) is 101 Å². The molecule has 0 saturated carbocycles. The fraction of sp³-hybridized carbons (Fsp3) is 0.321. The van der Waals surface area contributed by atoms with Gasteiger partial charge in [0.1, 0.15) is 5.52 Å². The summed E-state index contributed by atoms with van der Waals surface area (Å²) in [5.41, 5.74) is 3.18. The van der Waals surface area contributed by atoms with Crippen molar-refractivity contribution in [2.75, 3.05) is 17.9 Å². The summed E-state index contributed by atoms with van der Waals surface area (Å²) in [4.78, 5) is 22.1. The highest BCUT2D eigenvalue weighted by atomic mass is 32.2. The summed E-state index contributed by atoms with van der Waals surface area (Å²) in [6.07, 6.45) is 1.86. The van der Waals surface area contributed by atoms with Crippen molar-refractivity contribution in [1.29, 1.82) is 0 Å². The smallest absolute Gasteiger partial charge is 0.357 e. The largest absolute Gasteiger partial charge is 0.461 e. The first-order valence-electron chi connectivity index (χ1n) is 12.3. The van der Waals surface area contributed by atoms with Crippen LogP contribution in [-0.4, -0.2) is 44.3 Å². The van der Waals surface area contributed by atoms with Crippen molar-refractivity contribution in [3.63, 3.8) is 0 Å². The summed E-state index contributed by atoms with van der Waals surface area (Å²) in [6.45, 7) is 7.35. The fourth-order valence-electron chi connectivity index (χ4n) is 3.82. The molecule has 37 heavy (non-hydrogen) atoms. The van der Waals surface area contributed by atoms with E-state index < -0.39 is 12.1 Å². The molecule has 0 fully saturated rings. The number of nitrogens with zero attached hydrogens (tertiary/aromatic N) is 3. The Morgan fingerprint density at radius 2 is 1.95 bits per heavy atom. The molecule has 0 spiro atoms. The van der Waals surface area contributed by atoms with E-state index in [0.29, 0.717) is 25.3 Å². The summed E-state index contributed by atoms with van der Waals surface area (Å²) in [7, 11) is 0. The van der Waals surface area contributed by atoms with Crippen LogP contribution in [0.3, 0.4) is 0 Å². The highest BCUT2D eigenvalue weighted by molar-refractivity contribution is 8.00. The molecule has 0 aliphatic rings. The summed E-state index contributed by atoms with van der Waals surface area (Å²) in [6, 6.07) is 21.3. The highest BCUT2D eigenvalue weighted by Gasteiger charge is 2.20. The van der Waals surface area contributed by atoms with E-state index in [1.54, 1.807) is 25.4 Å². The number of hydrogen-bond donors (Lipinski definition) is 3. The van der Waals surface area contributed by atoms with Gasteiger partial charge in [0, 0.05) is 29.2 Å². The number of β-amino-alcohol motifs (C(OH)–C–C–N with tert-alkyl or cyclic N) is 1. The van der Waals surface area contributed by atoms with E-state index in [9.17, 15) is 9.90 Å². The minimum Gasteiger partial charge on any atom is -0.461 e. The first-order chi connectivity index (χ1) is 17.8. The number of rotatable bonds is 12. The maximum Gasteiger partial charge on any atom is 0.357 e. The monoisotopic (exact) mass is 519 g/mol. The van der Waals surface area contributed by atoms with Crippen LogP contribution in [0.2, 0.25) is 0 Å². The molecule has 2 aromatic heterocycles. The van der Waals surface area contributed by atoms with Crippen molar-refractivity contribution in [3.8, 4) is 0 Å². The molecule has 194 valence electrons. The number of fused-ring (bicyclic) bond motifs is 1. The number of aliphatic hydroxyl groups is 1. The Balaban J connectivity index is 1.32. The van der Waals surface area contributed by atoms with E-state index in [2.05, 4.69) is 33.9 Å². The highest BCUT2D eigenvalue weighted by Crippen LogP contribution is 2.24. The second-order valence-corrected chi connectivity index (χ2v) is 10.3. The zero-order chi connectivity index (χ0) is 26.3. The molecule has 0 amide bonds. The molecule has 0 radical (unpaired) electrons. The van der Waals surface area contributed by atoms with Gasteiger partial charge >= 0.3 is 5.97 Å². The maximum absolute atomic E-state index is 12.1. The Hall–Kier alpha value is -3.40. The molecule has 0 aliphatic heterocycles. The van der Waals surface area contributed by atoms with Crippen molar-refractivity contribution >= 4 is 34.8 Å². The van der Waals surface area contributed by atoms with Crippen molar-refractivity contribution in [3.05, 3.63) is 84.3 Å². The number of aromatic nitrogens is 3. The van der Waals surface area contributed by atoms with Gasteiger partial charge in [-0.1, -0.05) is 30.3 Å². The van der Waals surface area contributed by atoms with Crippen molar-refractivity contribution in [2.45, 2.75) is 50.3 Å². The normalized spacial score (nSPS) is 12.4. The molecule has 4 rings (SSSR count). The molecule has 4 aromatic rings. The van der Waals surface area contributed by atoms with Gasteiger partial charge in [-0.3, -0.25) is 0 Å². The lowest BCUT2D eigenvalue weighted by atomic mass is 9.99. The number of esters is 1. The standard InChI is InChI=1S/C28H33N5O3S/c1-4-36-27(35)24-14-13-23-26(31-24)33(19-29-23)16-15-28(2,3)30-18-25(34)20-9-8-10-21(17-20)32-37-22-11-6-5-7-12-22/h5-14,17,19,25,30,32,34H,4,15-16,18H2,1-3H3. The third-order valence-electron chi connectivity index (χ3n) is 6.00. The number of imidazole rings is 1. The van der Waals surface area contributed by atoms with Crippen molar-refractivity contribution in [1.82, 2.24) is 19.9 Å². The summed E-state index contributed by atoms with van der Waals surface area (Å²) >= 11 is 1.54. The van der Waals surface area contributed by atoms with E-state index in [1.165, 1.54) is 11.9 Å². The predicted molar refractivity (Wildman–Crippen MR) is 148 cm³/mol. The van der Waals surface area contributed by atoms with Gasteiger partial charge in [-0.25, -0.2) is 14.8 Å². The molecular formula is C28H33N5O3S. The van der Waals surface area contributed by atoms with Gasteiger partial charge in [0.2, 0.25) is 0 Å². The van der Waals surface area contributed by atoms with E-state index >= 15 is 0 Å². The molecule has 2 heterocycles. The Labute approximate surface area is 221 Å². The van der Waals surface area contributed by atoms with Crippen molar-refractivity contribution in [2.24, 2.45) is 0 Å². The van der Waals surface area contributed by atoms with Gasteiger partial charge in [0.05, 0.1) is 19.0 Å². The molecule has 2 aromatic carbocycles. The quantitative estimate of drug-likeness (QED) is 0.173. The fourth-order valence-corrected chi connectivity index (χ4v) is 4.47. The number of benzene rings is 2. The average molecular weight is 520 g/mol. The first kappa shape index (κ1) is 26.7. The molecular weight excluding hydrogens is 486 g/mol. The zero-order valence-electron chi connectivity index (χ0n) is 21.3. The van der Waals surface area contributed by atoms with Crippen molar-refractivity contribution < 1.29 is 14.6 Å². The minimum atomic E-state index is -0.648. The molecule has 9 heteroatoms. The van der Waals surface area contributed by atoms with Gasteiger partial charge in [-0.2, -0.15) is 0 Å². The second-order valence-electron chi connectivity index (χ2n) is 9.37. The lowest BCUT2D eigenvalue weighted by molar-refractivity contribution is 0.0520. The third kappa shape index (κ3) is 7.31. The van der Waals surface area contributed by atoms with Gasteiger partial charge < -0.3 is 24.4 Å². The Bertz CT molecular complexity index is 1330. The molecule has 1 atom stereocenters. The van der Waals surface area contributed by atoms with E-state index in [-0.39, 0.29) is 11.2 Å². The van der Waals surface area contributed by atoms with Gasteiger partial charge in [-0.15, -0.1) is 0 Å². The number of carbonyl (C=O) groups is 1. The Morgan fingerprint density at radius 1 is 1.14 bits per heavy atom. The number of hydrogen-bond acceptors (Lipinski definition) is 8. The number of ether oxygens (including phenoxy) is 1. The molecule has 1 unspecified atom stereocenters. The molecule has 8 nitrogen and oxygen atoms in total. The Morgan fingerprint density at radius 3 is 2.73 bits per heavy atom. The SMILES string of the molecule is CCOC(=O)c1ccc2ncn(CCC(C)(C)NCC(O)c3cccc(NSc4ccccc4)c3)c2n1. The maximum atomic E-state index is 12.1. The lowest BCUT2D eigenvalue weighted by Gasteiger charge is -2.28.